The number of nitrogen functional groups attached to an aromatic ring is 1. The van der Waals surface area contributed by atoms with E-state index in [1.54, 1.807) is 19.1 Å². The van der Waals surface area contributed by atoms with Crippen molar-refractivity contribution in [1.82, 2.24) is 0 Å². The fraction of sp³-hybridized carbons (Fsp3) is 0.267. The molecule has 4 nitrogen and oxygen atoms in total. The van der Waals surface area contributed by atoms with Crippen LogP contribution < -0.4 is 10.6 Å². The van der Waals surface area contributed by atoms with Crippen LogP contribution >= 0.6 is 22.9 Å². The second-order valence-electron chi connectivity index (χ2n) is 4.52. The predicted octanol–water partition coefficient (Wildman–Crippen LogP) is 3.80. The first-order valence-corrected chi connectivity index (χ1v) is 7.73. The highest BCUT2D eigenvalue weighted by molar-refractivity contribution is 7.16. The summed E-state index contributed by atoms with van der Waals surface area (Å²) in [6.07, 6.45) is 0. The van der Waals surface area contributed by atoms with Gasteiger partial charge in [0.15, 0.2) is 0 Å². The van der Waals surface area contributed by atoms with Gasteiger partial charge in [0.2, 0.25) is 0 Å². The van der Waals surface area contributed by atoms with Gasteiger partial charge >= 0.3 is 5.97 Å². The molecule has 1 heterocycles. The molecule has 1 aromatic carbocycles. The predicted molar refractivity (Wildman–Crippen MR) is 88.2 cm³/mol. The van der Waals surface area contributed by atoms with Gasteiger partial charge in [-0.05, 0) is 31.2 Å². The van der Waals surface area contributed by atoms with Crippen molar-refractivity contribution in [3.05, 3.63) is 45.1 Å². The van der Waals surface area contributed by atoms with Gasteiger partial charge in [-0.2, -0.15) is 0 Å². The SMILES string of the molecule is CCOC(=O)c1cccc(N(C)Cc2ccc(Cl)s2)c1N. The van der Waals surface area contributed by atoms with E-state index in [-0.39, 0.29) is 0 Å². The van der Waals surface area contributed by atoms with Gasteiger partial charge in [0.05, 0.1) is 34.4 Å². The van der Waals surface area contributed by atoms with Crippen LogP contribution in [0.25, 0.3) is 0 Å². The number of hydrogen-bond donors (Lipinski definition) is 1. The summed E-state index contributed by atoms with van der Waals surface area (Å²) in [5, 5.41) is 0. The molecule has 21 heavy (non-hydrogen) atoms. The molecule has 0 amide bonds. The van der Waals surface area contributed by atoms with Crippen molar-refractivity contribution in [3.8, 4) is 0 Å². The fourth-order valence-electron chi connectivity index (χ4n) is 2.03. The number of hydrogen-bond acceptors (Lipinski definition) is 5. The summed E-state index contributed by atoms with van der Waals surface area (Å²) in [7, 11) is 1.92. The number of nitrogens with zero attached hydrogens (tertiary/aromatic N) is 1. The molecular weight excluding hydrogens is 308 g/mol. The molecule has 1 aromatic heterocycles. The van der Waals surface area contributed by atoms with Gasteiger partial charge in [0.1, 0.15) is 0 Å². The van der Waals surface area contributed by atoms with Crippen LogP contribution in [-0.2, 0) is 11.3 Å². The van der Waals surface area contributed by atoms with E-state index in [1.807, 2.05) is 30.1 Å². The minimum absolute atomic E-state index is 0.325. The molecule has 0 spiro atoms. The van der Waals surface area contributed by atoms with E-state index in [2.05, 4.69) is 0 Å². The summed E-state index contributed by atoms with van der Waals surface area (Å²) < 4.78 is 5.77. The molecule has 0 saturated carbocycles. The zero-order chi connectivity index (χ0) is 15.4. The van der Waals surface area contributed by atoms with Crippen molar-refractivity contribution in [2.24, 2.45) is 0 Å². The number of thiophene rings is 1. The third-order valence-corrected chi connectivity index (χ3v) is 4.23. The Bertz CT molecular complexity index is 642. The van der Waals surface area contributed by atoms with Crippen molar-refractivity contribution in [1.29, 1.82) is 0 Å². The molecular formula is C15H17ClN2O2S. The van der Waals surface area contributed by atoms with E-state index in [9.17, 15) is 4.79 Å². The highest BCUT2D eigenvalue weighted by Gasteiger charge is 2.16. The number of anilines is 2. The standard InChI is InChI=1S/C15H17ClN2O2S/c1-3-20-15(19)11-5-4-6-12(14(11)17)18(2)9-10-7-8-13(16)21-10/h4-8H,3,9,17H2,1-2H3. The van der Waals surface area contributed by atoms with Crippen molar-refractivity contribution in [2.75, 3.05) is 24.3 Å². The monoisotopic (exact) mass is 324 g/mol. The summed E-state index contributed by atoms with van der Waals surface area (Å²) >= 11 is 7.46. The number of halogens is 1. The minimum atomic E-state index is -0.399. The third-order valence-electron chi connectivity index (χ3n) is 3.01. The largest absolute Gasteiger partial charge is 0.462 e. The quantitative estimate of drug-likeness (QED) is 0.671. The average molecular weight is 325 g/mol. The van der Waals surface area contributed by atoms with Crippen molar-refractivity contribution >= 4 is 40.3 Å². The van der Waals surface area contributed by atoms with E-state index in [0.717, 1.165) is 14.9 Å². The van der Waals surface area contributed by atoms with Crippen LogP contribution in [0.5, 0.6) is 0 Å². The van der Waals surface area contributed by atoms with Crippen molar-refractivity contribution < 1.29 is 9.53 Å². The number of rotatable bonds is 5. The Morgan fingerprint density at radius 1 is 1.38 bits per heavy atom. The van der Waals surface area contributed by atoms with Gasteiger partial charge in [-0.1, -0.05) is 17.7 Å². The van der Waals surface area contributed by atoms with Crippen LogP contribution in [0.1, 0.15) is 22.2 Å². The number of ether oxygens (including phenoxy) is 1. The molecule has 0 aliphatic heterocycles. The number of benzene rings is 1. The normalized spacial score (nSPS) is 10.4. The molecule has 0 bridgehead atoms. The molecule has 0 fully saturated rings. The second-order valence-corrected chi connectivity index (χ2v) is 6.32. The maximum atomic E-state index is 11.9. The lowest BCUT2D eigenvalue weighted by Gasteiger charge is -2.21. The maximum absolute atomic E-state index is 11.9. The number of nitrogens with two attached hydrogens (primary N) is 1. The van der Waals surface area contributed by atoms with Crippen molar-refractivity contribution in [2.45, 2.75) is 13.5 Å². The molecule has 0 aliphatic rings. The van der Waals surface area contributed by atoms with Crippen LogP contribution in [-0.4, -0.2) is 19.6 Å². The maximum Gasteiger partial charge on any atom is 0.340 e. The summed E-state index contributed by atoms with van der Waals surface area (Å²) in [5.74, 6) is -0.399. The van der Waals surface area contributed by atoms with Gasteiger partial charge in [-0.15, -0.1) is 11.3 Å². The third kappa shape index (κ3) is 3.68. The highest BCUT2D eigenvalue weighted by Crippen LogP contribution is 2.29. The van der Waals surface area contributed by atoms with Crippen LogP contribution in [0.3, 0.4) is 0 Å². The number of carbonyl (C=O) groups excluding carboxylic acids is 1. The van der Waals surface area contributed by atoms with Gasteiger partial charge in [-0.3, -0.25) is 0 Å². The molecule has 112 valence electrons. The topological polar surface area (TPSA) is 55.6 Å². The fourth-order valence-corrected chi connectivity index (χ4v) is 3.17. The molecule has 2 N–H and O–H groups in total. The molecule has 0 aliphatic carbocycles. The van der Waals surface area contributed by atoms with Gasteiger partial charge in [0, 0.05) is 11.9 Å². The van der Waals surface area contributed by atoms with Crippen LogP contribution in [0.15, 0.2) is 30.3 Å². The number of esters is 1. The minimum Gasteiger partial charge on any atom is -0.462 e. The summed E-state index contributed by atoms with van der Waals surface area (Å²) in [4.78, 5) is 15.0. The lowest BCUT2D eigenvalue weighted by molar-refractivity contribution is 0.0527. The number of carbonyl (C=O) groups is 1. The van der Waals surface area contributed by atoms with Crippen LogP contribution in [0.2, 0.25) is 4.34 Å². The average Bonchev–Trinajstić information content (AvgIpc) is 2.84. The Kier molecular flexibility index (Phi) is 5.09. The van der Waals surface area contributed by atoms with Gasteiger partial charge < -0.3 is 15.4 Å². The highest BCUT2D eigenvalue weighted by atomic mass is 35.5. The smallest absolute Gasteiger partial charge is 0.340 e. The van der Waals surface area contributed by atoms with E-state index in [4.69, 9.17) is 22.1 Å². The van der Waals surface area contributed by atoms with Crippen LogP contribution in [0.4, 0.5) is 11.4 Å². The Morgan fingerprint density at radius 2 is 2.14 bits per heavy atom. The zero-order valence-corrected chi connectivity index (χ0v) is 13.5. The lowest BCUT2D eigenvalue weighted by atomic mass is 10.1. The molecule has 0 radical (unpaired) electrons. The first kappa shape index (κ1) is 15.7. The zero-order valence-electron chi connectivity index (χ0n) is 11.9. The van der Waals surface area contributed by atoms with Crippen molar-refractivity contribution in [3.63, 3.8) is 0 Å². The molecule has 0 atom stereocenters. The summed E-state index contributed by atoms with van der Waals surface area (Å²) in [5.41, 5.74) is 7.73. The summed E-state index contributed by atoms with van der Waals surface area (Å²) in [6.45, 7) is 2.77. The summed E-state index contributed by atoms with van der Waals surface area (Å²) in [6, 6.07) is 9.21. The molecule has 0 saturated heterocycles. The van der Waals surface area contributed by atoms with Crippen LogP contribution in [0, 0.1) is 0 Å². The Hall–Kier alpha value is -1.72. The lowest BCUT2D eigenvalue weighted by Crippen LogP contribution is -2.19. The number of para-hydroxylation sites is 1. The van der Waals surface area contributed by atoms with E-state index < -0.39 is 5.97 Å². The van der Waals surface area contributed by atoms with Gasteiger partial charge in [0.25, 0.3) is 0 Å². The first-order chi connectivity index (χ1) is 10.0. The Labute approximate surface area is 133 Å². The van der Waals surface area contributed by atoms with E-state index in [1.165, 1.54) is 11.3 Å². The molecule has 2 aromatic rings. The first-order valence-electron chi connectivity index (χ1n) is 6.54. The Balaban J connectivity index is 2.23. The Morgan fingerprint density at radius 3 is 2.76 bits per heavy atom. The molecule has 0 unspecified atom stereocenters. The van der Waals surface area contributed by atoms with E-state index >= 15 is 0 Å². The van der Waals surface area contributed by atoms with Gasteiger partial charge in [-0.25, -0.2) is 4.79 Å². The van der Waals surface area contributed by atoms with E-state index in [0.29, 0.717) is 24.4 Å². The molecule has 2 rings (SSSR count). The second kappa shape index (κ2) is 6.83. The molecule has 6 heteroatoms.